The van der Waals surface area contributed by atoms with Gasteiger partial charge in [-0.15, -0.1) is 0 Å². The Kier molecular flexibility index (Phi) is 4.70. The van der Waals surface area contributed by atoms with Crippen LogP contribution in [0.15, 0.2) is 43.0 Å². The Bertz CT molecular complexity index is 556. The van der Waals surface area contributed by atoms with E-state index >= 15 is 0 Å². The summed E-state index contributed by atoms with van der Waals surface area (Å²) in [6.07, 6.45) is 5.20. The predicted octanol–water partition coefficient (Wildman–Crippen LogP) is 1.91. The fraction of sp³-hybridized carbons (Fsp3) is 0.286. The van der Waals surface area contributed by atoms with Crippen LogP contribution < -0.4 is 10.6 Å². The first kappa shape index (κ1) is 14.0. The van der Waals surface area contributed by atoms with Crippen molar-refractivity contribution < 1.29 is 9.18 Å². The van der Waals surface area contributed by atoms with Gasteiger partial charge >= 0.3 is 6.03 Å². The Morgan fingerprint density at radius 2 is 2.25 bits per heavy atom. The smallest absolute Gasteiger partial charge is 0.315 e. The average Bonchev–Trinajstić information content (AvgIpc) is 2.90. The highest BCUT2D eigenvalue weighted by Gasteiger charge is 2.08. The van der Waals surface area contributed by atoms with Gasteiger partial charge in [0.25, 0.3) is 0 Å². The molecule has 5 nitrogen and oxygen atoms in total. The molecule has 1 unspecified atom stereocenters. The number of benzene rings is 1. The molecule has 0 fully saturated rings. The van der Waals surface area contributed by atoms with Crippen molar-refractivity contribution in [3.63, 3.8) is 0 Å². The monoisotopic (exact) mass is 276 g/mol. The molecule has 0 aliphatic carbocycles. The fourth-order valence-electron chi connectivity index (χ4n) is 1.85. The number of rotatable bonds is 5. The lowest BCUT2D eigenvalue weighted by molar-refractivity contribution is 0.236. The first-order valence-electron chi connectivity index (χ1n) is 6.38. The van der Waals surface area contributed by atoms with E-state index in [0.29, 0.717) is 12.1 Å². The first-order valence-corrected chi connectivity index (χ1v) is 6.38. The summed E-state index contributed by atoms with van der Waals surface area (Å²) in [4.78, 5) is 15.6. The summed E-state index contributed by atoms with van der Waals surface area (Å²) in [6.45, 7) is 2.69. The van der Waals surface area contributed by atoms with Crippen LogP contribution in [0.1, 0.15) is 12.5 Å². The van der Waals surface area contributed by atoms with E-state index in [2.05, 4.69) is 15.6 Å². The Hall–Kier alpha value is -2.37. The fourth-order valence-corrected chi connectivity index (χ4v) is 1.85. The quantitative estimate of drug-likeness (QED) is 0.876. The predicted molar refractivity (Wildman–Crippen MR) is 73.5 cm³/mol. The molecule has 0 bridgehead atoms. The molecular weight excluding hydrogens is 259 g/mol. The minimum atomic E-state index is -0.320. The molecule has 2 aromatic rings. The molecule has 1 atom stereocenters. The molecule has 20 heavy (non-hydrogen) atoms. The van der Waals surface area contributed by atoms with Crippen LogP contribution in [0.25, 0.3) is 0 Å². The van der Waals surface area contributed by atoms with E-state index in [0.717, 1.165) is 0 Å². The zero-order chi connectivity index (χ0) is 14.4. The number of amides is 2. The van der Waals surface area contributed by atoms with E-state index in [9.17, 15) is 9.18 Å². The van der Waals surface area contributed by atoms with E-state index in [1.54, 1.807) is 30.7 Å². The number of urea groups is 1. The Balaban J connectivity index is 1.76. The summed E-state index contributed by atoms with van der Waals surface area (Å²) in [5, 5.41) is 5.42. The maximum Gasteiger partial charge on any atom is 0.315 e. The lowest BCUT2D eigenvalue weighted by atomic mass is 10.2. The van der Waals surface area contributed by atoms with Gasteiger partial charge in [-0.25, -0.2) is 14.2 Å². The van der Waals surface area contributed by atoms with Gasteiger partial charge in [-0.3, -0.25) is 0 Å². The summed E-state index contributed by atoms with van der Waals surface area (Å²) in [5.41, 5.74) is 0.463. The topological polar surface area (TPSA) is 59.0 Å². The third-order valence-corrected chi connectivity index (χ3v) is 2.82. The molecule has 0 radical (unpaired) electrons. The van der Waals surface area contributed by atoms with E-state index in [1.807, 2.05) is 17.7 Å². The van der Waals surface area contributed by atoms with Crippen molar-refractivity contribution >= 4 is 6.03 Å². The van der Waals surface area contributed by atoms with E-state index in [4.69, 9.17) is 0 Å². The zero-order valence-electron chi connectivity index (χ0n) is 11.2. The molecule has 0 spiro atoms. The molecule has 0 saturated heterocycles. The van der Waals surface area contributed by atoms with Crippen molar-refractivity contribution in [1.29, 1.82) is 0 Å². The summed E-state index contributed by atoms with van der Waals surface area (Å²) < 4.78 is 15.2. The van der Waals surface area contributed by atoms with Crippen LogP contribution in [-0.2, 0) is 13.1 Å². The maximum atomic E-state index is 13.4. The summed E-state index contributed by atoms with van der Waals surface area (Å²) in [5.74, 6) is -0.320. The van der Waals surface area contributed by atoms with Crippen LogP contribution >= 0.6 is 0 Å². The lowest BCUT2D eigenvalue weighted by Gasteiger charge is -2.15. The number of imidazole rings is 1. The van der Waals surface area contributed by atoms with Crippen molar-refractivity contribution in [3.05, 3.63) is 54.4 Å². The van der Waals surface area contributed by atoms with Gasteiger partial charge in [-0.2, -0.15) is 0 Å². The molecule has 2 amide bonds. The summed E-state index contributed by atoms with van der Waals surface area (Å²) in [7, 11) is 0. The standard InChI is InChI=1S/C14H17FN4O/c1-11(9-19-7-6-16-10-19)18-14(20)17-8-12-4-2-3-5-13(12)15/h2-7,10-11H,8-9H2,1H3,(H2,17,18,20). The molecule has 0 aliphatic rings. The lowest BCUT2D eigenvalue weighted by Crippen LogP contribution is -2.42. The molecule has 106 valence electrons. The third-order valence-electron chi connectivity index (χ3n) is 2.82. The van der Waals surface area contributed by atoms with Crippen LogP contribution in [0.5, 0.6) is 0 Å². The zero-order valence-corrected chi connectivity index (χ0v) is 11.2. The minimum absolute atomic E-state index is 0.0511. The molecule has 1 heterocycles. The maximum absolute atomic E-state index is 13.4. The largest absolute Gasteiger partial charge is 0.335 e. The van der Waals surface area contributed by atoms with E-state index < -0.39 is 0 Å². The number of carbonyl (C=O) groups excluding carboxylic acids is 1. The normalized spacial score (nSPS) is 11.9. The van der Waals surface area contributed by atoms with Gasteiger partial charge in [-0.1, -0.05) is 18.2 Å². The van der Waals surface area contributed by atoms with Crippen molar-refractivity contribution in [2.45, 2.75) is 26.1 Å². The number of hydrogen-bond donors (Lipinski definition) is 2. The van der Waals surface area contributed by atoms with Crippen molar-refractivity contribution in [2.24, 2.45) is 0 Å². The van der Waals surface area contributed by atoms with Gasteiger partial charge in [0.1, 0.15) is 5.82 Å². The van der Waals surface area contributed by atoms with Gasteiger partial charge in [0, 0.05) is 37.1 Å². The summed E-state index contributed by atoms with van der Waals surface area (Å²) in [6, 6.07) is 6.00. The Morgan fingerprint density at radius 3 is 2.95 bits per heavy atom. The van der Waals surface area contributed by atoms with Crippen LogP contribution in [0.2, 0.25) is 0 Å². The second kappa shape index (κ2) is 6.70. The number of halogens is 1. The van der Waals surface area contributed by atoms with Gasteiger partial charge in [0.05, 0.1) is 6.33 Å². The van der Waals surface area contributed by atoms with Crippen molar-refractivity contribution in [2.75, 3.05) is 0 Å². The molecule has 1 aromatic carbocycles. The molecule has 2 N–H and O–H groups in total. The van der Waals surface area contributed by atoms with Crippen molar-refractivity contribution in [1.82, 2.24) is 20.2 Å². The van der Waals surface area contributed by atoms with Gasteiger partial charge in [0.2, 0.25) is 0 Å². The summed E-state index contributed by atoms with van der Waals surface area (Å²) >= 11 is 0. The number of hydrogen-bond acceptors (Lipinski definition) is 2. The van der Waals surface area contributed by atoms with Crippen LogP contribution in [0.4, 0.5) is 9.18 Å². The average molecular weight is 276 g/mol. The second-order valence-corrected chi connectivity index (χ2v) is 4.58. The molecule has 6 heteroatoms. The van der Waals surface area contributed by atoms with Crippen LogP contribution in [0, 0.1) is 5.82 Å². The number of carbonyl (C=O) groups is 1. The Morgan fingerprint density at radius 1 is 1.45 bits per heavy atom. The Labute approximate surface area is 116 Å². The molecular formula is C14H17FN4O. The highest BCUT2D eigenvalue weighted by molar-refractivity contribution is 5.74. The number of aromatic nitrogens is 2. The van der Waals surface area contributed by atoms with Crippen LogP contribution in [-0.4, -0.2) is 21.6 Å². The van der Waals surface area contributed by atoms with Gasteiger partial charge < -0.3 is 15.2 Å². The molecule has 0 aliphatic heterocycles. The molecule has 2 rings (SSSR count). The first-order chi connectivity index (χ1) is 9.65. The van der Waals surface area contributed by atoms with Gasteiger partial charge in [-0.05, 0) is 13.0 Å². The van der Waals surface area contributed by atoms with Gasteiger partial charge in [0.15, 0.2) is 0 Å². The number of nitrogens with zero attached hydrogens (tertiary/aromatic N) is 2. The molecule has 1 aromatic heterocycles. The van der Waals surface area contributed by atoms with Crippen LogP contribution in [0.3, 0.4) is 0 Å². The third kappa shape index (κ3) is 4.08. The SMILES string of the molecule is CC(Cn1ccnc1)NC(=O)NCc1ccccc1F. The highest BCUT2D eigenvalue weighted by atomic mass is 19.1. The second-order valence-electron chi connectivity index (χ2n) is 4.58. The minimum Gasteiger partial charge on any atom is -0.335 e. The van der Waals surface area contributed by atoms with E-state index in [1.165, 1.54) is 6.07 Å². The van der Waals surface area contributed by atoms with Crippen molar-refractivity contribution in [3.8, 4) is 0 Å². The van der Waals surface area contributed by atoms with E-state index in [-0.39, 0.29) is 24.4 Å². The number of nitrogens with one attached hydrogen (secondary N) is 2. The molecule has 0 saturated carbocycles. The highest BCUT2D eigenvalue weighted by Crippen LogP contribution is 2.05.